The smallest absolute Gasteiger partial charge is 0.385 e. The van der Waals surface area contributed by atoms with Gasteiger partial charge in [0.25, 0.3) is 0 Å². The number of ether oxygens (including phenoxy) is 1. The molecule has 9 heteroatoms. The number of alkyl halides is 3. The Balaban J connectivity index is 1.61. The van der Waals surface area contributed by atoms with Crippen molar-refractivity contribution in [1.82, 2.24) is 15.1 Å². The van der Waals surface area contributed by atoms with Gasteiger partial charge in [0.05, 0.1) is 17.5 Å². The van der Waals surface area contributed by atoms with E-state index in [1.54, 1.807) is 18.1 Å². The van der Waals surface area contributed by atoms with E-state index in [0.717, 1.165) is 31.4 Å². The van der Waals surface area contributed by atoms with E-state index in [2.05, 4.69) is 5.32 Å². The molecule has 1 N–H and O–H groups in total. The lowest BCUT2D eigenvalue weighted by atomic mass is 9.76. The fraction of sp³-hybridized carbons (Fsp3) is 0.652. The van der Waals surface area contributed by atoms with Crippen LogP contribution < -0.4 is 5.32 Å². The van der Waals surface area contributed by atoms with Crippen molar-refractivity contribution < 1.29 is 27.5 Å². The van der Waals surface area contributed by atoms with E-state index in [4.69, 9.17) is 4.74 Å². The quantitative estimate of drug-likeness (QED) is 0.613. The summed E-state index contributed by atoms with van der Waals surface area (Å²) in [5, 5.41) is 2.86. The Morgan fingerprint density at radius 2 is 1.81 bits per heavy atom. The van der Waals surface area contributed by atoms with Crippen molar-refractivity contribution in [2.45, 2.75) is 43.7 Å². The van der Waals surface area contributed by atoms with E-state index in [9.17, 15) is 22.8 Å². The van der Waals surface area contributed by atoms with Crippen LogP contribution in [-0.2, 0) is 25.9 Å². The van der Waals surface area contributed by atoms with Crippen LogP contribution in [0.1, 0.15) is 43.2 Å². The molecule has 2 amide bonds. The van der Waals surface area contributed by atoms with Crippen molar-refractivity contribution in [3.05, 3.63) is 35.4 Å². The van der Waals surface area contributed by atoms with Crippen LogP contribution >= 0.6 is 0 Å². The van der Waals surface area contributed by atoms with Gasteiger partial charge in [-0.3, -0.25) is 14.5 Å². The number of rotatable bonds is 8. The van der Waals surface area contributed by atoms with Gasteiger partial charge in [0, 0.05) is 46.4 Å². The SMILES string of the molecule is COCCCNC(=O)CN1CCN(C(=O)C2(c3cccc(C(F)(F)F)c3)CCCC2)CC1. The lowest BCUT2D eigenvalue weighted by Crippen LogP contribution is -2.55. The number of benzene rings is 1. The monoisotopic (exact) mass is 455 g/mol. The first-order valence-electron chi connectivity index (χ1n) is 11.2. The molecule has 0 aromatic heterocycles. The number of nitrogens with one attached hydrogen (secondary N) is 1. The van der Waals surface area contributed by atoms with Crippen LogP contribution in [0.15, 0.2) is 24.3 Å². The van der Waals surface area contributed by atoms with E-state index in [1.165, 1.54) is 6.07 Å². The molecule has 0 unspecified atom stereocenters. The maximum Gasteiger partial charge on any atom is 0.416 e. The molecule has 1 aromatic carbocycles. The van der Waals surface area contributed by atoms with Crippen LogP contribution in [0.25, 0.3) is 0 Å². The average Bonchev–Trinajstić information content (AvgIpc) is 3.28. The number of amides is 2. The van der Waals surface area contributed by atoms with Crippen molar-refractivity contribution in [2.24, 2.45) is 0 Å². The maximum absolute atomic E-state index is 13.6. The number of carbonyl (C=O) groups is 2. The van der Waals surface area contributed by atoms with Crippen molar-refractivity contribution in [2.75, 3.05) is 53.0 Å². The molecule has 1 saturated carbocycles. The maximum atomic E-state index is 13.6. The Morgan fingerprint density at radius 3 is 2.44 bits per heavy atom. The normalized spacial score (nSPS) is 19.2. The summed E-state index contributed by atoms with van der Waals surface area (Å²) < 4.78 is 44.7. The molecule has 0 atom stereocenters. The molecule has 3 rings (SSSR count). The van der Waals surface area contributed by atoms with Crippen LogP contribution in [0.4, 0.5) is 13.2 Å². The van der Waals surface area contributed by atoms with E-state index in [0.29, 0.717) is 57.7 Å². The third-order valence-electron chi connectivity index (χ3n) is 6.48. The van der Waals surface area contributed by atoms with Gasteiger partial charge in [0.2, 0.25) is 11.8 Å². The standard InChI is InChI=1S/C23H32F3N3O3/c1-32-15-5-10-27-20(30)17-28-11-13-29(14-12-28)21(31)22(8-2-3-9-22)18-6-4-7-19(16-18)23(24,25)26/h4,6-7,16H,2-3,5,8-15,17H2,1H3,(H,27,30). The zero-order valence-corrected chi connectivity index (χ0v) is 18.5. The minimum Gasteiger partial charge on any atom is -0.385 e. The Morgan fingerprint density at radius 1 is 1.12 bits per heavy atom. The fourth-order valence-electron chi connectivity index (χ4n) is 4.71. The summed E-state index contributed by atoms with van der Waals surface area (Å²) in [5.74, 6) is -0.143. The summed E-state index contributed by atoms with van der Waals surface area (Å²) >= 11 is 0. The highest BCUT2D eigenvalue weighted by atomic mass is 19.4. The molecular formula is C23H32F3N3O3. The molecule has 0 radical (unpaired) electrons. The molecule has 32 heavy (non-hydrogen) atoms. The second-order valence-corrected chi connectivity index (χ2v) is 8.63. The van der Waals surface area contributed by atoms with Crippen LogP contribution in [0.5, 0.6) is 0 Å². The Labute approximate surface area is 187 Å². The van der Waals surface area contributed by atoms with Crippen LogP contribution in [0, 0.1) is 0 Å². The predicted octanol–water partition coefficient (Wildman–Crippen LogP) is 2.81. The summed E-state index contributed by atoms with van der Waals surface area (Å²) in [5.41, 5.74) is -1.13. The second-order valence-electron chi connectivity index (χ2n) is 8.63. The number of nitrogens with zero attached hydrogens (tertiary/aromatic N) is 2. The number of halogens is 3. The van der Waals surface area contributed by atoms with Gasteiger partial charge in [-0.2, -0.15) is 13.2 Å². The number of methoxy groups -OCH3 is 1. The first-order chi connectivity index (χ1) is 15.3. The molecule has 2 aliphatic rings. The van der Waals surface area contributed by atoms with Gasteiger partial charge in [0.15, 0.2) is 0 Å². The highest BCUT2D eigenvalue weighted by molar-refractivity contribution is 5.89. The van der Waals surface area contributed by atoms with Gasteiger partial charge in [-0.25, -0.2) is 0 Å². The molecule has 2 fully saturated rings. The minimum atomic E-state index is -4.44. The van der Waals surface area contributed by atoms with Gasteiger partial charge in [0.1, 0.15) is 0 Å². The number of hydrogen-bond donors (Lipinski definition) is 1. The Bertz CT molecular complexity index is 786. The molecule has 178 valence electrons. The highest BCUT2D eigenvalue weighted by Crippen LogP contribution is 2.44. The number of hydrogen-bond acceptors (Lipinski definition) is 4. The second kappa shape index (κ2) is 10.7. The summed E-state index contributed by atoms with van der Waals surface area (Å²) in [4.78, 5) is 29.4. The van der Waals surface area contributed by atoms with Gasteiger partial charge >= 0.3 is 6.18 Å². The first kappa shape index (κ1) is 24.5. The van der Waals surface area contributed by atoms with Crippen LogP contribution in [0.3, 0.4) is 0 Å². The van der Waals surface area contributed by atoms with Gasteiger partial charge in [-0.15, -0.1) is 0 Å². The number of carbonyl (C=O) groups excluding carboxylic acids is 2. The molecule has 1 heterocycles. The summed E-state index contributed by atoms with van der Waals surface area (Å²) in [6, 6.07) is 5.25. The summed E-state index contributed by atoms with van der Waals surface area (Å²) in [6.07, 6.45) is -0.901. The molecule has 6 nitrogen and oxygen atoms in total. The van der Waals surface area contributed by atoms with Gasteiger partial charge in [-0.05, 0) is 30.9 Å². The van der Waals surface area contributed by atoms with Gasteiger partial charge < -0.3 is 15.0 Å². The lowest BCUT2D eigenvalue weighted by Gasteiger charge is -2.40. The average molecular weight is 456 g/mol. The van der Waals surface area contributed by atoms with Crippen LogP contribution in [-0.4, -0.2) is 74.6 Å². The molecule has 0 bridgehead atoms. The number of piperazine rings is 1. The molecule has 1 saturated heterocycles. The predicted molar refractivity (Wildman–Crippen MR) is 114 cm³/mol. The molecule has 1 aliphatic carbocycles. The topological polar surface area (TPSA) is 61.9 Å². The van der Waals surface area contributed by atoms with Crippen molar-refractivity contribution >= 4 is 11.8 Å². The fourth-order valence-corrected chi connectivity index (χ4v) is 4.71. The third kappa shape index (κ3) is 5.81. The Hall–Kier alpha value is -2.13. The lowest BCUT2D eigenvalue weighted by molar-refractivity contribution is -0.140. The summed E-state index contributed by atoms with van der Waals surface area (Å²) in [7, 11) is 1.62. The highest BCUT2D eigenvalue weighted by Gasteiger charge is 2.46. The largest absolute Gasteiger partial charge is 0.416 e. The minimum absolute atomic E-state index is 0.0582. The van der Waals surface area contributed by atoms with E-state index >= 15 is 0 Å². The molecule has 1 aromatic rings. The Kier molecular flexibility index (Phi) is 8.16. The van der Waals surface area contributed by atoms with E-state index < -0.39 is 17.2 Å². The van der Waals surface area contributed by atoms with Gasteiger partial charge in [-0.1, -0.05) is 31.0 Å². The molecule has 1 aliphatic heterocycles. The summed E-state index contributed by atoms with van der Waals surface area (Å²) in [6.45, 7) is 3.49. The third-order valence-corrected chi connectivity index (χ3v) is 6.48. The molecule has 0 spiro atoms. The van der Waals surface area contributed by atoms with E-state index in [-0.39, 0.29) is 18.4 Å². The van der Waals surface area contributed by atoms with Crippen LogP contribution in [0.2, 0.25) is 0 Å². The van der Waals surface area contributed by atoms with E-state index in [1.807, 2.05) is 4.90 Å². The zero-order valence-electron chi connectivity index (χ0n) is 18.5. The molecular weight excluding hydrogens is 423 g/mol. The zero-order chi connectivity index (χ0) is 23.2. The van der Waals surface area contributed by atoms with Crippen molar-refractivity contribution in [3.63, 3.8) is 0 Å². The first-order valence-corrected chi connectivity index (χ1v) is 11.2. The van der Waals surface area contributed by atoms with Crippen molar-refractivity contribution in [1.29, 1.82) is 0 Å². The van der Waals surface area contributed by atoms with Crippen molar-refractivity contribution in [3.8, 4) is 0 Å².